The number of aromatic nitrogens is 4. The van der Waals surface area contributed by atoms with Gasteiger partial charge in [-0.05, 0) is 63.2 Å². The maximum absolute atomic E-state index is 11.6. The van der Waals surface area contributed by atoms with Gasteiger partial charge in [0.2, 0.25) is 5.56 Å². The van der Waals surface area contributed by atoms with E-state index in [1.54, 1.807) is 12.3 Å². The molecule has 1 N–H and O–H groups in total. The van der Waals surface area contributed by atoms with E-state index in [9.17, 15) is 10.1 Å². The Kier molecular flexibility index (Phi) is 6.29. The number of anilines is 2. The molecule has 4 aromatic heterocycles. The molecule has 4 saturated heterocycles. The summed E-state index contributed by atoms with van der Waals surface area (Å²) in [4.78, 5) is 29.0. The largest absolute Gasteiger partial charge is 0.369 e. The average molecular weight is 550 g/mol. The second-order valence-electron chi connectivity index (χ2n) is 12.0. The van der Waals surface area contributed by atoms with Gasteiger partial charge in [0.15, 0.2) is 0 Å². The Bertz CT molecular complexity index is 1690. The Balaban J connectivity index is 1.12. The number of nitrogens with zero attached hydrogens (tertiary/aromatic N) is 8. The molecule has 3 unspecified atom stereocenters. The van der Waals surface area contributed by atoms with Gasteiger partial charge in [0.1, 0.15) is 11.9 Å². The lowest BCUT2D eigenvalue weighted by molar-refractivity contribution is -0.00890. The minimum atomic E-state index is -0.0469. The van der Waals surface area contributed by atoms with Crippen LogP contribution in [0.3, 0.4) is 0 Å². The predicted octanol–water partition coefficient (Wildman–Crippen LogP) is 2.87. The summed E-state index contributed by atoms with van der Waals surface area (Å²) in [6.45, 7) is 6.72. The summed E-state index contributed by atoms with van der Waals surface area (Å²) >= 11 is 0. The maximum atomic E-state index is 11.6. The van der Waals surface area contributed by atoms with Crippen molar-refractivity contribution < 1.29 is 0 Å². The molecule has 2 bridgehead atoms. The highest BCUT2D eigenvalue weighted by Crippen LogP contribution is 2.37. The third kappa shape index (κ3) is 4.55. The van der Waals surface area contributed by atoms with Crippen LogP contribution < -0.4 is 15.4 Å². The number of fused-ring (bicyclic) bond motifs is 3. The van der Waals surface area contributed by atoms with Gasteiger partial charge in [0.25, 0.3) is 0 Å². The molecule has 3 atom stereocenters. The quantitative estimate of drug-likeness (QED) is 0.392. The predicted molar refractivity (Wildman–Crippen MR) is 159 cm³/mol. The van der Waals surface area contributed by atoms with Gasteiger partial charge in [-0.1, -0.05) is 0 Å². The van der Waals surface area contributed by atoms with Crippen LogP contribution in [-0.4, -0.2) is 87.8 Å². The van der Waals surface area contributed by atoms with Crippen LogP contribution in [0.15, 0.2) is 53.8 Å². The van der Waals surface area contributed by atoms with Crippen LogP contribution in [-0.2, 0) is 6.54 Å². The first kappa shape index (κ1) is 25.7. The summed E-state index contributed by atoms with van der Waals surface area (Å²) in [5.74, 6) is 0.984. The Morgan fingerprint density at radius 1 is 1.12 bits per heavy atom. The molecule has 0 saturated carbocycles. The van der Waals surface area contributed by atoms with Crippen molar-refractivity contribution >= 4 is 17.0 Å². The van der Waals surface area contributed by atoms with Crippen molar-refractivity contribution in [3.8, 4) is 17.2 Å². The zero-order valence-corrected chi connectivity index (χ0v) is 23.8. The molecule has 41 heavy (non-hydrogen) atoms. The van der Waals surface area contributed by atoms with Crippen molar-refractivity contribution in [1.82, 2.24) is 29.4 Å². The van der Waals surface area contributed by atoms with Gasteiger partial charge in [-0.2, -0.15) is 10.4 Å². The van der Waals surface area contributed by atoms with Gasteiger partial charge in [-0.15, -0.1) is 0 Å². The number of pyridine rings is 3. The topological polar surface area (TPSA) is 99.8 Å². The third-order valence-electron chi connectivity index (χ3n) is 9.30. The fourth-order valence-electron chi connectivity index (χ4n) is 6.82. The summed E-state index contributed by atoms with van der Waals surface area (Å²) in [6, 6.07) is 11.9. The van der Waals surface area contributed by atoms with Crippen molar-refractivity contribution in [1.29, 1.82) is 5.26 Å². The molecule has 8 heterocycles. The molecule has 10 nitrogen and oxygen atoms in total. The lowest BCUT2D eigenvalue weighted by Crippen LogP contribution is -2.68. The maximum Gasteiger partial charge on any atom is 0.248 e. The molecule has 0 spiro atoms. The Labute approximate surface area is 239 Å². The molecule has 4 aromatic rings. The van der Waals surface area contributed by atoms with Gasteiger partial charge >= 0.3 is 0 Å². The van der Waals surface area contributed by atoms with Gasteiger partial charge in [0, 0.05) is 80.4 Å². The zero-order chi connectivity index (χ0) is 28.2. The highest BCUT2D eigenvalue weighted by atomic mass is 16.1. The fourth-order valence-corrected chi connectivity index (χ4v) is 6.82. The number of aromatic amines is 1. The van der Waals surface area contributed by atoms with E-state index in [4.69, 9.17) is 4.98 Å². The van der Waals surface area contributed by atoms with Gasteiger partial charge in [0.05, 0.1) is 29.2 Å². The number of piperidine rings is 1. The lowest BCUT2D eigenvalue weighted by Gasteiger charge is -2.56. The monoisotopic (exact) mass is 549 g/mol. The van der Waals surface area contributed by atoms with E-state index >= 15 is 0 Å². The minimum Gasteiger partial charge on any atom is -0.369 e. The van der Waals surface area contributed by atoms with E-state index in [0.29, 0.717) is 23.7 Å². The molecule has 0 radical (unpaired) electrons. The van der Waals surface area contributed by atoms with Gasteiger partial charge in [-0.25, -0.2) is 9.50 Å². The molecular formula is C31H35N9O. The number of nitrogens with one attached hydrogen (secondary N) is 1. The molecule has 8 rings (SSSR count). The average Bonchev–Trinajstić information content (AvgIpc) is 3.64. The van der Waals surface area contributed by atoms with E-state index in [2.05, 4.69) is 68.0 Å². The van der Waals surface area contributed by atoms with Crippen LogP contribution in [0.2, 0.25) is 0 Å². The van der Waals surface area contributed by atoms with E-state index in [0.717, 1.165) is 72.9 Å². The van der Waals surface area contributed by atoms with Crippen molar-refractivity contribution in [3.63, 3.8) is 0 Å². The Morgan fingerprint density at radius 2 is 1.95 bits per heavy atom. The molecule has 0 aliphatic carbocycles. The number of hydrogen-bond donors (Lipinski definition) is 1. The van der Waals surface area contributed by atoms with Crippen LogP contribution in [0.4, 0.5) is 11.5 Å². The molecule has 0 aromatic carbocycles. The molecule has 4 fully saturated rings. The lowest BCUT2D eigenvalue weighted by atomic mass is 9.86. The van der Waals surface area contributed by atoms with E-state index in [1.165, 1.54) is 12.0 Å². The number of rotatable bonds is 6. The standard InChI is InChI=1S/C31H35N9O/c1-20-8-30(41)34-13-23(20)15-39-26-9-27(39)18-38(17-26)29-5-4-21(12-33-29)28-10-25(37-7-6-24(16-37)36(2)3)19-40-31(28)22(11-32)14-35-40/h4-5,8,10,12-14,19,24,26-27H,6-7,9,15-18H2,1-3H3,(H,34,41). The van der Waals surface area contributed by atoms with Gasteiger partial charge < -0.3 is 19.7 Å². The van der Waals surface area contributed by atoms with Gasteiger partial charge in [-0.3, -0.25) is 9.69 Å². The summed E-state index contributed by atoms with van der Waals surface area (Å²) in [5.41, 5.74) is 6.65. The first-order valence-corrected chi connectivity index (χ1v) is 14.4. The zero-order valence-electron chi connectivity index (χ0n) is 23.8. The molecule has 0 amide bonds. The van der Waals surface area contributed by atoms with Crippen molar-refractivity contribution in [3.05, 3.63) is 76.1 Å². The van der Waals surface area contributed by atoms with Crippen molar-refractivity contribution in [2.75, 3.05) is 50.1 Å². The van der Waals surface area contributed by atoms with Crippen molar-refractivity contribution in [2.24, 2.45) is 0 Å². The fraction of sp³-hybridized carbons (Fsp3) is 0.419. The van der Waals surface area contributed by atoms with Crippen LogP contribution in [0.25, 0.3) is 16.6 Å². The van der Waals surface area contributed by atoms with Crippen LogP contribution in [0.1, 0.15) is 29.5 Å². The molecule has 10 heteroatoms. The number of hydrogen-bond acceptors (Lipinski definition) is 8. The van der Waals surface area contributed by atoms with Crippen LogP contribution in [0, 0.1) is 18.3 Å². The molecule has 4 aliphatic rings. The second kappa shape index (κ2) is 10.0. The molecule has 210 valence electrons. The third-order valence-corrected chi connectivity index (χ3v) is 9.30. The molecular weight excluding hydrogens is 514 g/mol. The highest BCUT2D eigenvalue weighted by Gasteiger charge is 2.44. The number of H-pyrrole nitrogens is 1. The normalized spacial score (nSPS) is 22.4. The number of piperazine rings is 1. The smallest absolute Gasteiger partial charge is 0.248 e. The molecule has 4 aliphatic heterocycles. The Morgan fingerprint density at radius 3 is 2.63 bits per heavy atom. The SMILES string of the molecule is Cc1cc(=O)[nH]cc1CN1C2CC1CN(c1ccc(-c3cc(N4CCC(N(C)C)C4)cn4ncc(C#N)c34)cn1)C2. The highest BCUT2D eigenvalue weighted by molar-refractivity contribution is 5.86. The summed E-state index contributed by atoms with van der Waals surface area (Å²) in [5, 5.41) is 14.3. The number of aryl methyl sites for hydroxylation is 1. The number of likely N-dealkylation sites (N-methyl/N-ethyl adjacent to an activating group) is 1. The summed E-state index contributed by atoms with van der Waals surface area (Å²) in [7, 11) is 4.28. The van der Waals surface area contributed by atoms with Crippen LogP contribution >= 0.6 is 0 Å². The summed E-state index contributed by atoms with van der Waals surface area (Å²) in [6.07, 6.45) is 9.82. The minimum absolute atomic E-state index is 0.0469. The first-order chi connectivity index (χ1) is 19.9. The summed E-state index contributed by atoms with van der Waals surface area (Å²) < 4.78 is 1.84. The number of nitriles is 1. The van der Waals surface area contributed by atoms with E-state index in [1.807, 2.05) is 30.0 Å². The second-order valence-corrected chi connectivity index (χ2v) is 12.0. The first-order valence-electron chi connectivity index (χ1n) is 14.4. The van der Waals surface area contributed by atoms with E-state index < -0.39 is 0 Å². The Hall–Kier alpha value is -4.20. The van der Waals surface area contributed by atoms with Crippen LogP contribution in [0.5, 0.6) is 0 Å². The van der Waals surface area contributed by atoms with Crippen molar-refractivity contribution in [2.45, 2.75) is 44.4 Å². The van der Waals surface area contributed by atoms with E-state index in [-0.39, 0.29) is 5.56 Å².